The minimum absolute atomic E-state index is 0.0324. The van der Waals surface area contributed by atoms with Crippen LogP contribution in [0.15, 0.2) is 0 Å². The predicted molar refractivity (Wildman–Crippen MR) is 111 cm³/mol. The summed E-state index contributed by atoms with van der Waals surface area (Å²) in [5, 5.41) is 8.70. The fourth-order valence-corrected chi connectivity index (χ4v) is 3.78. The van der Waals surface area contributed by atoms with E-state index in [1.807, 2.05) is 0 Å². The van der Waals surface area contributed by atoms with E-state index in [1.54, 1.807) is 4.90 Å². The Bertz CT molecular complexity index is 481. The molecule has 0 spiro atoms. The molecule has 6 nitrogen and oxygen atoms in total. The highest BCUT2D eigenvalue weighted by Gasteiger charge is 2.43. The summed E-state index contributed by atoms with van der Waals surface area (Å²) < 4.78 is 0. The molecule has 1 aliphatic rings. The van der Waals surface area contributed by atoms with Crippen molar-refractivity contribution in [1.29, 1.82) is 0 Å². The van der Waals surface area contributed by atoms with Gasteiger partial charge in [-0.1, -0.05) is 71.6 Å². The van der Waals surface area contributed by atoms with E-state index in [4.69, 9.17) is 5.11 Å². The first-order valence-corrected chi connectivity index (χ1v) is 11.4. The van der Waals surface area contributed by atoms with Crippen molar-refractivity contribution < 1.29 is 19.5 Å². The normalized spacial score (nSPS) is 17.0. The summed E-state index contributed by atoms with van der Waals surface area (Å²) in [6.45, 7) is 5.46. The summed E-state index contributed by atoms with van der Waals surface area (Å²) in [5.41, 5.74) is 0. The molecule has 1 unspecified atom stereocenters. The number of amides is 3. The smallest absolute Gasteiger partial charge is 0.327 e. The van der Waals surface area contributed by atoms with Crippen molar-refractivity contribution in [2.75, 3.05) is 13.1 Å². The van der Waals surface area contributed by atoms with Crippen molar-refractivity contribution >= 4 is 17.9 Å². The number of carbonyl (C=O) groups excluding carboxylic acids is 2. The van der Waals surface area contributed by atoms with Gasteiger partial charge in [-0.3, -0.25) is 14.5 Å². The lowest BCUT2D eigenvalue weighted by molar-refractivity contribution is -0.137. The topological polar surface area (TPSA) is 77.9 Å². The summed E-state index contributed by atoms with van der Waals surface area (Å²) in [5.74, 6) is -0.789. The highest BCUT2D eigenvalue weighted by Crippen LogP contribution is 2.24. The Morgan fingerprint density at radius 3 is 2.11 bits per heavy atom. The Hall–Kier alpha value is -1.59. The molecule has 1 aliphatic heterocycles. The summed E-state index contributed by atoms with van der Waals surface area (Å²) in [6, 6.07) is -0.428. The molecular weight excluding hydrogens is 356 g/mol. The number of carbonyl (C=O) groups is 3. The van der Waals surface area contributed by atoms with Crippen molar-refractivity contribution in [3.63, 3.8) is 0 Å². The summed E-state index contributed by atoms with van der Waals surface area (Å²) in [6.07, 6.45) is 13.0. The van der Waals surface area contributed by atoms with Gasteiger partial charge in [0.05, 0.1) is 0 Å². The van der Waals surface area contributed by atoms with E-state index in [1.165, 1.54) is 30.6 Å². The number of rotatable bonds is 17. The first-order chi connectivity index (χ1) is 13.5. The van der Waals surface area contributed by atoms with E-state index in [0.29, 0.717) is 25.9 Å². The van der Waals surface area contributed by atoms with Crippen LogP contribution in [0.5, 0.6) is 0 Å². The first-order valence-electron chi connectivity index (χ1n) is 11.4. The molecule has 0 saturated carbocycles. The molecule has 1 heterocycles. The molecule has 1 N–H and O–H groups in total. The van der Waals surface area contributed by atoms with E-state index in [2.05, 4.69) is 13.8 Å². The summed E-state index contributed by atoms with van der Waals surface area (Å²) in [4.78, 5) is 39.4. The molecule has 1 atom stereocenters. The van der Waals surface area contributed by atoms with Gasteiger partial charge in [0.2, 0.25) is 0 Å². The van der Waals surface area contributed by atoms with Gasteiger partial charge in [-0.25, -0.2) is 4.79 Å². The number of unbranched alkanes of at least 4 members (excludes halogenated alkanes) is 9. The zero-order valence-electron chi connectivity index (χ0n) is 18.0. The van der Waals surface area contributed by atoms with Gasteiger partial charge in [-0.15, -0.1) is 0 Å². The van der Waals surface area contributed by atoms with Crippen molar-refractivity contribution in [2.45, 2.75) is 110 Å². The van der Waals surface area contributed by atoms with Crippen LogP contribution >= 0.6 is 0 Å². The van der Waals surface area contributed by atoms with E-state index in [0.717, 1.165) is 44.9 Å². The van der Waals surface area contributed by atoms with Gasteiger partial charge < -0.3 is 10.0 Å². The van der Waals surface area contributed by atoms with Gasteiger partial charge in [0.25, 0.3) is 5.91 Å². The maximum atomic E-state index is 12.8. The van der Waals surface area contributed by atoms with E-state index in [9.17, 15) is 14.4 Å². The molecule has 1 saturated heterocycles. The molecule has 0 radical (unpaired) electrons. The standard InChI is InChI=1S/C22H40N2O4/c1-3-5-7-8-11-14-18-23-19(15-12-9-10-13-16-20(25)26)21(27)24(22(23)28)17-6-4-2/h19H,3-18H2,1-2H3,(H,25,26). The molecule has 162 valence electrons. The lowest BCUT2D eigenvalue weighted by atomic mass is 10.0. The first kappa shape index (κ1) is 24.4. The van der Waals surface area contributed by atoms with Gasteiger partial charge in [-0.2, -0.15) is 0 Å². The average Bonchev–Trinajstić information content (AvgIpc) is 2.88. The van der Waals surface area contributed by atoms with Crippen LogP contribution < -0.4 is 0 Å². The Kier molecular flexibility index (Phi) is 12.6. The van der Waals surface area contributed by atoms with Gasteiger partial charge >= 0.3 is 12.0 Å². The van der Waals surface area contributed by atoms with Crippen LogP contribution in [0.25, 0.3) is 0 Å². The van der Waals surface area contributed by atoms with Gasteiger partial charge in [-0.05, 0) is 25.7 Å². The van der Waals surface area contributed by atoms with Crippen molar-refractivity contribution in [3.8, 4) is 0 Å². The third-order valence-corrected chi connectivity index (χ3v) is 5.51. The lowest BCUT2D eigenvalue weighted by Crippen LogP contribution is -2.36. The van der Waals surface area contributed by atoms with Crippen molar-refractivity contribution in [1.82, 2.24) is 9.80 Å². The zero-order chi connectivity index (χ0) is 20.8. The van der Waals surface area contributed by atoms with Gasteiger partial charge in [0.15, 0.2) is 0 Å². The Morgan fingerprint density at radius 1 is 0.821 bits per heavy atom. The van der Waals surface area contributed by atoms with Crippen LogP contribution in [0.2, 0.25) is 0 Å². The third-order valence-electron chi connectivity index (χ3n) is 5.51. The molecular formula is C22H40N2O4. The fourth-order valence-electron chi connectivity index (χ4n) is 3.78. The minimum Gasteiger partial charge on any atom is -0.481 e. The maximum Gasteiger partial charge on any atom is 0.327 e. The number of hydrogen-bond donors (Lipinski definition) is 1. The molecule has 1 rings (SSSR count). The third kappa shape index (κ3) is 8.61. The van der Waals surface area contributed by atoms with Crippen LogP contribution in [-0.2, 0) is 9.59 Å². The fraction of sp³-hybridized carbons (Fsp3) is 0.864. The number of aliphatic carboxylic acids is 1. The number of carboxylic acids is 1. The summed E-state index contributed by atoms with van der Waals surface area (Å²) >= 11 is 0. The Morgan fingerprint density at radius 2 is 1.43 bits per heavy atom. The van der Waals surface area contributed by atoms with E-state index in [-0.39, 0.29) is 24.4 Å². The van der Waals surface area contributed by atoms with Crippen molar-refractivity contribution in [2.24, 2.45) is 0 Å². The van der Waals surface area contributed by atoms with Crippen LogP contribution in [0, 0.1) is 0 Å². The Labute approximate surface area is 170 Å². The molecule has 28 heavy (non-hydrogen) atoms. The van der Waals surface area contributed by atoms with E-state index < -0.39 is 5.97 Å². The molecule has 3 amide bonds. The molecule has 1 fully saturated rings. The molecule has 0 aromatic heterocycles. The van der Waals surface area contributed by atoms with Crippen LogP contribution in [0.1, 0.15) is 104 Å². The SMILES string of the molecule is CCCCCCCCN1C(=O)N(CCCC)C(=O)C1CCCCCCC(=O)O. The monoisotopic (exact) mass is 396 g/mol. The highest BCUT2D eigenvalue weighted by atomic mass is 16.4. The average molecular weight is 397 g/mol. The molecule has 0 aromatic carbocycles. The number of carboxylic acid groups (broad SMARTS) is 1. The van der Waals surface area contributed by atoms with Crippen molar-refractivity contribution in [3.05, 3.63) is 0 Å². The second kappa shape index (κ2) is 14.4. The summed E-state index contributed by atoms with van der Waals surface area (Å²) in [7, 11) is 0. The highest BCUT2D eigenvalue weighted by molar-refractivity contribution is 6.04. The van der Waals surface area contributed by atoms with E-state index >= 15 is 0 Å². The van der Waals surface area contributed by atoms with Crippen LogP contribution in [0.3, 0.4) is 0 Å². The van der Waals surface area contributed by atoms with Gasteiger partial charge in [0, 0.05) is 19.5 Å². The molecule has 0 bridgehead atoms. The van der Waals surface area contributed by atoms with Crippen LogP contribution in [0.4, 0.5) is 4.79 Å². The predicted octanol–water partition coefficient (Wildman–Crippen LogP) is 5.21. The number of nitrogens with zero attached hydrogens (tertiary/aromatic N) is 2. The molecule has 0 aromatic rings. The van der Waals surface area contributed by atoms with Crippen LogP contribution in [-0.4, -0.2) is 51.9 Å². The lowest BCUT2D eigenvalue weighted by Gasteiger charge is -2.22. The van der Waals surface area contributed by atoms with Gasteiger partial charge in [0.1, 0.15) is 6.04 Å². The Balaban J connectivity index is 2.49. The zero-order valence-corrected chi connectivity index (χ0v) is 18.0. The largest absolute Gasteiger partial charge is 0.481 e. The minimum atomic E-state index is -0.756. The maximum absolute atomic E-state index is 12.8. The second-order valence-electron chi connectivity index (χ2n) is 7.95. The number of urea groups is 1. The number of imide groups is 1. The quantitative estimate of drug-likeness (QED) is 0.270. The second-order valence-corrected chi connectivity index (χ2v) is 7.95. The molecule has 0 aliphatic carbocycles. The molecule has 6 heteroatoms. The number of hydrogen-bond acceptors (Lipinski definition) is 3.